The van der Waals surface area contributed by atoms with Gasteiger partial charge >= 0.3 is 0 Å². The first-order chi connectivity index (χ1) is 8.34. The van der Waals surface area contributed by atoms with E-state index in [1.165, 1.54) is 57.8 Å². The second-order valence-electron chi connectivity index (χ2n) is 5.53. The van der Waals surface area contributed by atoms with E-state index in [9.17, 15) is 5.11 Å². The topological polar surface area (TPSA) is 32.3 Å². The van der Waals surface area contributed by atoms with Gasteiger partial charge in [-0.05, 0) is 32.2 Å². The lowest BCUT2D eigenvalue weighted by Gasteiger charge is -2.16. The molecule has 1 rings (SSSR count). The Balaban J connectivity index is 1.78. The van der Waals surface area contributed by atoms with Crippen LogP contribution in [0.2, 0.25) is 0 Å². The maximum atomic E-state index is 9.65. The highest BCUT2D eigenvalue weighted by molar-refractivity contribution is 4.82. The van der Waals surface area contributed by atoms with Crippen molar-refractivity contribution in [3.05, 3.63) is 0 Å². The van der Waals surface area contributed by atoms with Gasteiger partial charge in [-0.2, -0.15) is 0 Å². The normalized spacial score (nSPS) is 24.4. The van der Waals surface area contributed by atoms with E-state index >= 15 is 0 Å². The predicted octanol–water partition coefficient (Wildman–Crippen LogP) is 3.63. The summed E-state index contributed by atoms with van der Waals surface area (Å²) in [5.74, 6) is 0. The number of rotatable bonds is 10. The molecular formula is C15H31NO. The highest BCUT2D eigenvalue weighted by Gasteiger charge is 2.23. The van der Waals surface area contributed by atoms with E-state index in [0.29, 0.717) is 6.04 Å². The van der Waals surface area contributed by atoms with Crippen LogP contribution < -0.4 is 5.32 Å². The molecular weight excluding hydrogens is 210 g/mol. The zero-order valence-electron chi connectivity index (χ0n) is 11.6. The van der Waals surface area contributed by atoms with Crippen molar-refractivity contribution >= 4 is 0 Å². The van der Waals surface area contributed by atoms with Crippen molar-refractivity contribution in [2.45, 2.75) is 89.7 Å². The molecule has 0 heterocycles. The lowest BCUT2D eigenvalue weighted by Crippen LogP contribution is -2.36. The van der Waals surface area contributed by atoms with E-state index in [-0.39, 0.29) is 6.10 Å². The molecule has 0 bridgehead atoms. The Kier molecular flexibility index (Phi) is 8.72. The van der Waals surface area contributed by atoms with Gasteiger partial charge in [0.2, 0.25) is 0 Å². The van der Waals surface area contributed by atoms with Crippen molar-refractivity contribution < 1.29 is 5.11 Å². The minimum Gasteiger partial charge on any atom is -0.392 e. The van der Waals surface area contributed by atoms with Gasteiger partial charge in [0.15, 0.2) is 0 Å². The fourth-order valence-corrected chi connectivity index (χ4v) is 2.72. The third kappa shape index (κ3) is 7.05. The average Bonchev–Trinajstić information content (AvgIpc) is 2.73. The van der Waals surface area contributed by atoms with Gasteiger partial charge in [-0.25, -0.2) is 0 Å². The zero-order valence-corrected chi connectivity index (χ0v) is 11.6. The minimum atomic E-state index is -0.0796. The molecule has 0 aliphatic heterocycles. The van der Waals surface area contributed by atoms with Gasteiger partial charge in [-0.1, -0.05) is 51.9 Å². The molecule has 2 nitrogen and oxygen atoms in total. The van der Waals surface area contributed by atoms with Crippen molar-refractivity contribution in [3.63, 3.8) is 0 Å². The molecule has 2 atom stereocenters. The van der Waals surface area contributed by atoms with Crippen LogP contribution in [-0.4, -0.2) is 23.8 Å². The van der Waals surface area contributed by atoms with Gasteiger partial charge in [0.1, 0.15) is 0 Å². The number of nitrogens with one attached hydrogen (secondary N) is 1. The molecule has 2 heteroatoms. The largest absolute Gasteiger partial charge is 0.392 e. The number of hydrogen-bond acceptors (Lipinski definition) is 2. The van der Waals surface area contributed by atoms with Crippen LogP contribution in [0.4, 0.5) is 0 Å². The van der Waals surface area contributed by atoms with E-state index in [0.717, 1.165) is 19.4 Å². The van der Waals surface area contributed by atoms with Gasteiger partial charge in [-0.3, -0.25) is 0 Å². The fraction of sp³-hybridized carbons (Fsp3) is 1.00. The third-order valence-electron chi connectivity index (χ3n) is 3.92. The maximum absolute atomic E-state index is 9.65. The Labute approximate surface area is 107 Å². The summed E-state index contributed by atoms with van der Waals surface area (Å²) in [5, 5.41) is 13.1. The van der Waals surface area contributed by atoms with E-state index < -0.39 is 0 Å². The van der Waals surface area contributed by atoms with Crippen LogP contribution in [0.5, 0.6) is 0 Å². The Bertz CT molecular complexity index is 172. The summed E-state index contributed by atoms with van der Waals surface area (Å²) in [4.78, 5) is 0. The summed E-state index contributed by atoms with van der Waals surface area (Å²) < 4.78 is 0. The summed E-state index contributed by atoms with van der Waals surface area (Å²) in [6.07, 6.45) is 14.3. The Morgan fingerprint density at radius 3 is 2.18 bits per heavy atom. The lowest BCUT2D eigenvalue weighted by atomic mass is 10.1. The number of unbranched alkanes of at least 4 members (excludes halogenated alkanes) is 7. The van der Waals surface area contributed by atoms with E-state index in [1.54, 1.807) is 0 Å². The van der Waals surface area contributed by atoms with Crippen LogP contribution in [0.15, 0.2) is 0 Å². The Morgan fingerprint density at radius 1 is 0.941 bits per heavy atom. The second kappa shape index (κ2) is 9.90. The molecule has 1 saturated carbocycles. The molecule has 1 aliphatic rings. The van der Waals surface area contributed by atoms with Crippen LogP contribution >= 0.6 is 0 Å². The van der Waals surface area contributed by atoms with E-state index in [4.69, 9.17) is 0 Å². The van der Waals surface area contributed by atoms with Crippen LogP contribution in [0, 0.1) is 0 Å². The molecule has 0 saturated heterocycles. The lowest BCUT2D eigenvalue weighted by molar-refractivity contribution is 0.149. The molecule has 1 aliphatic carbocycles. The van der Waals surface area contributed by atoms with Crippen LogP contribution in [-0.2, 0) is 0 Å². The smallest absolute Gasteiger partial charge is 0.0693 e. The summed E-state index contributed by atoms with van der Waals surface area (Å²) in [5.41, 5.74) is 0. The summed E-state index contributed by atoms with van der Waals surface area (Å²) >= 11 is 0. The standard InChI is InChI=1S/C15H31NO/c1-2-3-4-5-6-7-8-9-13-16-14-11-10-12-15(14)17/h14-17H,2-13H2,1H3. The highest BCUT2D eigenvalue weighted by Crippen LogP contribution is 2.18. The summed E-state index contributed by atoms with van der Waals surface area (Å²) in [6, 6.07) is 0.388. The van der Waals surface area contributed by atoms with Crippen LogP contribution in [0.25, 0.3) is 0 Å². The van der Waals surface area contributed by atoms with Crippen LogP contribution in [0.1, 0.15) is 77.6 Å². The number of aliphatic hydroxyl groups excluding tert-OH is 1. The molecule has 0 aromatic carbocycles. The molecule has 0 aromatic heterocycles. The number of hydrogen-bond donors (Lipinski definition) is 2. The highest BCUT2D eigenvalue weighted by atomic mass is 16.3. The van der Waals surface area contributed by atoms with Crippen molar-refractivity contribution in [3.8, 4) is 0 Å². The summed E-state index contributed by atoms with van der Waals surface area (Å²) in [7, 11) is 0. The second-order valence-corrected chi connectivity index (χ2v) is 5.53. The minimum absolute atomic E-state index is 0.0796. The Hall–Kier alpha value is -0.0800. The first-order valence-electron chi connectivity index (χ1n) is 7.76. The van der Waals surface area contributed by atoms with Crippen molar-refractivity contribution in [2.24, 2.45) is 0 Å². The molecule has 2 unspecified atom stereocenters. The van der Waals surface area contributed by atoms with E-state index in [1.807, 2.05) is 0 Å². The first-order valence-corrected chi connectivity index (χ1v) is 7.76. The zero-order chi connectivity index (χ0) is 12.3. The molecule has 102 valence electrons. The molecule has 17 heavy (non-hydrogen) atoms. The molecule has 0 amide bonds. The van der Waals surface area contributed by atoms with Gasteiger partial charge in [0.05, 0.1) is 6.10 Å². The molecule has 0 spiro atoms. The SMILES string of the molecule is CCCCCCCCCCNC1CCCC1O. The third-order valence-corrected chi connectivity index (χ3v) is 3.92. The van der Waals surface area contributed by atoms with E-state index in [2.05, 4.69) is 12.2 Å². The van der Waals surface area contributed by atoms with Gasteiger partial charge in [0.25, 0.3) is 0 Å². The molecule has 0 radical (unpaired) electrons. The number of aliphatic hydroxyl groups is 1. The molecule has 2 N–H and O–H groups in total. The van der Waals surface area contributed by atoms with Gasteiger partial charge in [0, 0.05) is 6.04 Å². The van der Waals surface area contributed by atoms with Gasteiger partial charge < -0.3 is 10.4 Å². The Morgan fingerprint density at radius 2 is 1.59 bits per heavy atom. The first kappa shape index (κ1) is 15.0. The summed E-state index contributed by atoms with van der Waals surface area (Å²) in [6.45, 7) is 3.36. The molecule has 1 fully saturated rings. The van der Waals surface area contributed by atoms with Crippen molar-refractivity contribution in [1.82, 2.24) is 5.32 Å². The quantitative estimate of drug-likeness (QED) is 0.572. The fourth-order valence-electron chi connectivity index (χ4n) is 2.72. The van der Waals surface area contributed by atoms with Crippen LogP contribution in [0.3, 0.4) is 0 Å². The maximum Gasteiger partial charge on any atom is 0.0693 e. The molecule has 0 aromatic rings. The monoisotopic (exact) mass is 241 g/mol. The average molecular weight is 241 g/mol. The van der Waals surface area contributed by atoms with Crippen molar-refractivity contribution in [1.29, 1.82) is 0 Å². The van der Waals surface area contributed by atoms with Crippen molar-refractivity contribution in [2.75, 3.05) is 6.54 Å². The van der Waals surface area contributed by atoms with Gasteiger partial charge in [-0.15, -0.1) is 0 Å². The predicted molar refractivity (Wildman–Crippen MR) is 74.3 cm³/mol.